The highest BCUT2D eigenvalue weighted by atomic mass is 15.1. The van der Waals surface area contributed by atoms with Gasteiger partial charge in [0.15, 0.2) is 5.82 Å². The summed E-state index contributed by atoms with van der Waals surface area (Å²) in [6, 6.07) is 20.8. The van der Waals surface area contributed by atoms with Crippen molar-refractivity contribution in [2.24, 2.45) is 12.0 Å². The summed E-state index contributed by atoms with van der Waals surface area (Å²) >= 11 is 0. The first kappa shape index (κ1) is 21.0. The molecule has 4 heteroatoms. The van der Waals surface area contributed by atoms with Crippen molar-refractivity contribution in [2.45, 2.75) is 46.5 Å². The molecule has 0 fully saturated rings. The third-order valence-corrected chi connectivity index (χ3v) is 5.76. The van der Waals surface area contributed by atoms with Gasteiger partial charge in [0, 0.05) is 7.05 Å². The van der Waals surface area contributed by atoms with E-state index in [1.54, 1.807) is 0 Å². The van der Waals surface area contributed by atoms with Gasteiger partial charge in [0.1, 0.15) is 5.69 Å². The summed E-state index contributed by atoms with van der Waals surface area (Å²) in [7, 11) is 2.04. The van der Waals surface area contributed by atoms with Gasteiger partial charge in [-0.15, -0.1) is 0 Å². The molecular formula is C27H30N4. The highest BCUT2D eigenvalue weighted by molar-refractivity contribution is 5.99. The molecule has 0 aliphatic carbocycles. The number of nitrogens with zero attached hydrogens (tertiary/aromatic N) is 4. The van der Waals surface area contributed by atoms with Gasteiger partial charge >= 0.3 is 0 Å². The maximum atomic E-state index is 5.10. The zero-order valence-corrected chi connectivity index (χ0v) is 19.2. The van der Waals surface area contributed by atoms with Gasteiger partial charge in [-0.2, -0.15) is 0 Å². The van der Waals surface area contributed by atoms with E-state index >= 15 is 0 Å². The van der Waals surface area contributed by atoms with Crippen LogP contribution in [0, 0.1) is 0 Å². The fraction of sp³-hybridized carbons (Fsp3) is 0.296. The standard InChI is InChI=1S/C27H30N4/c1-17(2)20-11-9-12-21(18(3)4)26(20)28-19(5)22-14-10-15-24(29-22)27-30-23-13-7-8-16-25(23)31(27)6/h7-18H,1-6H3. The fourth-order valence-corrected chi connectivity index (χ4v) is 4.00. The van der Waals surface area contributed by atoms with Crippen molar-refractivity contribution in [1.82, 2.24) is 14.5 Å². The summed E-state index contributed by atoms with van der Waals surface area (Å²) in [5.74, 6) is 1.68. The zero-order valence-electron chi connectivity index (χ0n) is 19.2. The summed E-state index contributed by atoms with van der Waals surface area (Å²) in [6.07, 6.45) is 0. The van der Waals surface area contributed by atoms with E-state index in [0.717, 1.165) is 39.6 Å². The Morgan fingerprint density at radius 2 is 1.45 bits per heavy atom. The third-order valence-electron chi connectivity index (χ3n) is 5.76. The third kappa shape index (κ3) is 4.02. The van der Waals surface area contributed by atoms with Crippen LogP contribution in [0.3, 0.4) is 0 Å². The minimum absolute atomic E-state index is 0.407. The molecule has 0 aliphatic rings. The molecule has 0 spiro atoms. The van der Waals surface area contributed by atoms with Crippen molar-refractivity contribution in [3.05, 3.63) is 77.5 Å². The topological polar surface area (TPSA) is 43.1 Å². The van der Waals surface area contributed by atoms with Gasteiger partial charge < -0.3 is 4.57 Å². The lowest BCUT2D eigenvalue weighted by Crippen LogP contribution is -2.03. The lowest BCUT2D eigenvalue weighted by Gasteiger charge is -2.17. The van der Waals surface area contributed by atoms with Crippen LogP contribution in [-0.2, 0) is 7.05 Å². The van der Waals surface area contributed by atoms with E-state index in [2.05, 4.69) is 56.5 Å². The molecule has 4 nitrogen and oxygen atoms in total. The largest absolute Gasteiger partial charge is 0.326 e. The van der Waals surface area contributed by atoms with Crippen LogP contribution in [0.2, 0.25) is 0 Å². The average Bonchev–Trinajstić information content (AvgIpc) is 3.10. The minimum Gasteiger partial charge on any atom is -0.326 e. The fourth-order valence-electron chi connectivity index (χ4n) is 4.00. The normalized spacial score (nSPS) is 12.3. The number of aromatic nitrogens is 3. The molecule has 0 aliphatic heterocycles. The summed E-state index contributed by atoms with van der Waals surface area (Å²) in [5.41, 5.74) is 8.35. The Bertz CT molecular complexity index is 1240. The van der Waals surface area contributed by atoms with Crippen molar-refractivity contribution >= 4 is 22.4 Å². The van der Waals surface area contributed by atoms with Crippen LogP contribution < -0.4 is 0 Å². The predicted molar refractivity (Wildman–Crippen MR) is 130 cm³/mol. The van der Waals surface area contributed by atoms with Crippen LogP contribution in [-0.4, -0.2) is 20.2 Å². The molecule has 31 heavy (non-hydrogen) atoms. The van der Waals surface area contributed by atoms with E-state index in [-0.39, 0.29) is 0 Å². The second kappa shape index (κ2) is 8.46. The second-order valence-electron chi connectivity index (χ2n) is 8.68. The zero-order chi connectivity index (χ0) is 22.1. The van der Waals surface area contributed by atoms with Crippen LogP contribution in [0.15, 0.2) is 65.7 Å². The minimum atomic E-state index is 0.407. The highest BCUT2D eigenvalue weighted by Gasteiger charge is 2.15. The van der Waals surface area contributed by atoms with Gasteiger partial charge in [-0.3, -0.25) is 4.99 Å². The number of fused-ring (bicyclic) bond motifs is 1. The molecular weight excluding hydrogens is 380 g/mol. The Hall–Kier alpha value is -3.27. The van der Waals surface area contributed by atoms with E-state index < -0.39 is 0 Å². The Labute approximate surface area is 184 Å². The Balaban J connectivity index is 1.80. The van der Waals surface area contributed by atoms with Gasteiger partial charge in [0.2, 0.25) is 0 Å². The summed E-state index contributed by atoms with van der Waals surface area (Å²) in [4.78, 5) is 14.8. The quantitative estimate of drug-likeness (QED) is 0.332. The average molecular weight is 411 g/mol. The van der Waals surface area contributed by atoms with Crippen molar-refractivity contribution in [1.29, 1.82) is 0 Å². The van der Waals surface area contributed by atoms with Crippen molar-refractivity contribution in [3.8, 4) is 11.5 Å². The number of aliphatic imine (C=N–C) groups is 1. The van der Waals surface area contributed by atoms with Crippen molar-refractivity contribution in [3.63, 3.8) is 0 Å². The number of hydrogen-bond donors (Lipinski definition) is 0. The Morgan fingerprint density at radius 3 is 2.10 bits per heavy atom. The number of aryl methyl sites for hydroxylation is 1. The summed E-state index contributed by atoms with van der Waals surface area (Å²) < 4.78 is 2.10. The molecule has 0 bridgehead atoms. The molecule has 0 N–H and O–H groups in total. The van der Waals surface area contributed by atoms with E-state index in [4.69, 9.17) is 15.0 Å². The lowest BCUT2D eigenvalue weighted by molar-refractivity contribution is 0.834. The summed E-state index contributed by atoms with van der Waals surface area (Å²) in [6.45, 7) is 10.9. The van der Waals surface area contributed by atoms with Crippen LogP contribution in [0.5, 0.6) is 0 Å². The summed E-state index contributed by atoms with van der Waals surface area (Å²) in [5, 5.41) is 0. The van der Waals surface area contributed by atoms with Gasteiger partial charge in [-0.25, -0.2) is 9.97 Å². The molecule has 4 aromatic rings. The first-order valence-electron chi connectivity index (χ1n) is 10.9. The van der Waals surface area contributed by atoms with Gasteiger partial charge in [0.05, 0.1) is 28.1 Å². The molecule has 2 aromatic carbocycles. The molecule has 0 amide bonds. The number of rotatable bonds is 5. The van der Waals surface area contributed by atoms with E-state index in [1.165, 1.54) is 11.1 Å². The highest BCUT2D eigenvalue weighted by Crippen LogP contribution is 2.35. The van der Waals surface area contributed by atoms with Gasteiger partial charge in [-0.05, 0) is 54.2 Å². The number of pyridine rings is 1. The molecule has 4 rings (SSSR count). The van der Waals surface area contributed by atoms with Crippen LogP contribution in [0.1, 0.15) is 63.3 Å². The first-order chi connectivity index (χ1) is 14.9. The number of para-hydroxylation sites is 3. The molecule has 0 atom stereocenters. The molecule has 0 saturated heterocycles. The first-order valence-corrected chi connectivity index (χ1v) is 10.9. The second-order valence-corrected chi connectivity index (χ2v) is 8.68. The van der Waals surface area contributed by atoms with E-state index in [1.807, 2.05) is 50.4 Å². The van der Waals surface area contributed by atoms with Gasteiger partial charge in [-0.1, -0.05) is 64.1 Å². The predicted octanol–water partition coefficient (Wildman–Crippen LogP) is 7.02. The maximum absolute atomic E-state index is 5.10. The number of hydrogen-bond acceptors (Lipinski definition) is 3. The van der Waals surface area contributed by atoms with Crippen LogP contribution in [0.4, 0.5) is 5.69 Å². The Morgan fingerprint density at radius 1 is 0.806 bits per heavy atom. The van der Waals surface area contributed by atoms with Crippen LogP contribution >= 0.6 is 0 Å². The molecule has 0 unspecified atom stereocenters. The van der Waals surface area contributed by atoms with Crippen molar-refractivity contribution < 1.29 is 0 Å². The Kier molecular flexibility index (Phi) is 5.73. The maximum Gasteiger partial charge on any atom is 0.159 e. The molecule has 2 heterocycles. The molecule has 2 aromatic heterocycles. The SMILES string of the molecule is CC(=Nc1c(C(C)C)cccc1C(C)C)c1cccc(-c2nc3ccccc3n2C)n1. The van der Waals surface area contributed by atoms with Gasteiger partial charge in [0.25, 0.3) is 0 Å². The van der Waals surface area contributed by atoms with Crippen LogP contribution in [0.25, 0.3) is 22.6 Å². The smallest absolute Gasteiger partial charge is 0.159 e. The van der Waals surface area contributed by atoms with Crippen molar-refractivity contribution in [2.75, 3.05) is 0 Å². The monoisotopic (exact) mass is 410 g/mol. The molecule has 0 saturated carbocycles. The van der Waals surface area contributed by atoms with E-state index in [9.17, 15) is 0 Å². The lowest BCUT2D eigenvalue weighted by atomic mass is 9.93. The molecule has 158 valence electrons. The van der Waals surface area contributed by atoms with E-state index in [0.29, 0.717) is 11.8 Å². The number of benzene rings is 2. The number of imidazole rings is 1. The molecule has 0 radical (unpaired) electrons.